The van der Waals surface area contributed by atoms with Crippen LogP contribution in [0.4, 0.5) is 0 Å². The van der Waals surface area contributed by atoms with Crippen LogP contribution in [0.1, 0.15) is 11.8 Å². The molecule has 0 spiro atoms. The van der Waals surface area contributed by atoms with E-state index in [0.717, 1.165) is 0 Å². The van der Waals surface area contributed by atoms with Gasteiger partial charge >= 0.3 is 5.69 Å². The molecular weight excluding hydrogens is 306 g/mol. The van der Waals surface area contributed by atoms with Gasteiger partial charge in [-0.1, -0.05) is 0 Å². The maximum absolute atomic E-state index is 12.0. The Hall–Kier alpha value is -1.52. The lowest BCUT2D eigenvalue weighted by Crippen LogP contribution is -2.40. The van der Waals surface area contributed by atoms with Gasteiger partial charge in [0.05, 0.1) is 13.2 Å². The third kappa shape index (κ3) is 3.88. The van der Waals surface area contributed by atoms with Crippen LogP contribution in [-0.2, 0) is 9.47 Å². The summed E-state index contributed by atoms with van der Waals surface area (Å²) in [6.07, 6.45) is -2.32. The standard InChI is InChI=1S/C14H23N3O6/c1-8-6-17(14(21)15-12(8)20)13-11(22-5-4-16(2)3)10(19)9(7-18)23-13/h6,9-11,13,18-19H,4-5,7H2,1-3H3,(H,15,20,21)/t9-,10-,11-,13-/m1/s1. The van der Waals surface area contributed by atoms with Gasteiger partial charge in [0.2, 0.25) is 0 Å². The maximum atomic E-state index is 12.0. The zero-order valence-corrected chi connectivity index (χ0v) is 13.4. The Balaban J connectivity index is 2.28. The van der Waals surface area contributed by atoms with Crippen LogP contribution >= 0.6 is 0 Å². The predicted octanol–water partition coefficient (Wildman–Crippen LogP) is -1.96. The van der Waals surface area contributed by atoms with Crippen LogP contribution in [0.2, 0.25) is 0 Å². The van der Waals surface area contributed by atoms with Gasteiger partial charge in [0, 0.05) is 18.3 Å². The molecule has 0 saturated carbocycles. The van der Waals surface area contributed by atoms with E-state index in [9.17, 15) is 19.8 Å². The highest BCUT2D eigenvalue weighted by Crippen LogP contribution is 2.30. The Labute approximate surface area is 133 Å². The molecule has 1 aromatic heterocycles. The van der Waals surface area contributed by atoms with E-state index in [1.165, 1.54) is 10.8 Å². The van der Waals surface area contributed by atoms with Crippen LogP contribution in [0.15, 0.2) is 15.8 Å². The van der Waals surface area contributed by atoms with Crippen LogP contribution in [-0.4, -0.2) is 76.8 Å². The van der Waals surface area contributed by atoms with Crippen molar-refractivity contribution in [3.8, 4) is 0 Å². The van der Waals surface area contributed by atoms with Gasteiger partial charge in [0.25, 0.3) is 5.56 Å². The minimum Gasteiger partial charge on any atom is -0.394 e. The fourth-order valence-electron chi connectivity index (χ4n) is 2.42. The van der Waals surface area contributed by atoms with Gasteiger partial charge in [0.1, 0.15) is 18.3 Å². The first-order valence-electron chi connectivity index (χ1n) is 7.38. The molecule has 4 atom stereocenters. The van der Waals surface area contributed by atoms with Gasteiger partial charge in [-0.05, 0) is 21.0 Å². The van der Waals surface area contributed by atoms with Crippen molar-refractivity contribution in [3.63, 3.8) is 0 Å². The topological polar surface area (TPSA) is 117 Å². The van der Waals surface area contributed by atoms with Crippen molar-refractivity contribution in [1.29, 1.82) is 0 Å². The summed E-state index contributed by atoms with van der Waals surface area (Å²) >= 11 is 0. The highest BCUT2D eigenvalue weighted by atomic mass is 16.6. The molecule has 1 aliphatic rings. The molecule has 9 nitrogen and oxygen atoms in total. The van der Waals surface area contributed by atoms with Crippen molar-refractivity contribution in [1.82, 2.24) is 14.5 Å². The molecule has 23 heavy (non-hydrogen) atoms. The molecule has 0 aliphatic carbocycles. The molecule has 2 rings (SSSR count). The van der Waals surface area contributed by atoms with Gasteiger partial charge in [-0.3, -0.25) is 14.3 Å². The molecule has 1 fully saturated rings. The van der Waals surface area contributed by atoms with Crippen molar-refractivity contribution in [2.45, 2.75) is 31.5 Å². The maximum Gasteiger partial charge on any atom is 0.330 e. The van der Waals surface area contributed by atoms with Crippen LogP contribution in [0.5, 0.6) is 0 Å². The van der Waals surface area contributed by atoms with Crippen LogP contribution in [0, 0.1) is 6.92 Å². The van der Waals surface area contributed by atoms with Gasteiger partial charge in [-0.2, -0.15) is 0 Å². The molecule has 130 valence electrons. The molecule has 1 saturated heterocycles. The van der Waals surface area contributed by atoms with E-state index in [-0.39, 0.29) is 0 Å². The SMILES string of the molecule is Cc1cn([C@@H]2O[C@H](CO)[C@@H](O)[C@H]2OCCN(C)C)c(=O)[nH]c1=O. The molecule has 1 aromatic rings. The van der Waals surface area contributed by atoms with Gasteiger partial charge in [-0.15, -0.1) is 0 Å². The molecule has 0 radical (unpaired) electrons. The molecule has 3 N–H and O–H groups in total. The zero-order valence-electron chi connectivity index (χ0n) is 13.4. The van der Waals surface area contributed by atoms with Gasteiger partial charge in [-0.25, -0.2) is 4.79 Å². The quantitative estimate of drug-likeness (QED) is 0.555. The van der Waals surface area contributed by atoms with Crippen LogP contribution < -0.4 is 11.2 Å². The summed E-state index contributed by atoms with van der Waals surface area (Å²) in [5, 5.41) is 19.6. The second-order valence-electron chi connectivity index (χ2n) is 5.86. The third-order valence-corrected chi connectivity index (χ3v) is 3.76. The smallest absolute Gasteiger partial charge is 0.330 e. The van der Waals surface area contributed by atoms with E-state index in [0.29, 0.717) is 18.7 Å². The van der Waals surface area contributed by atoms with Gasteiger partial charge < -0.3 is 24.6 Å². The number of ether oxygens (including phenoxy) is 2. The summed E-state index contributed by atoms with van der Waals surface area (Å²) in [6.45, 7) is 2.11. The number of aromatic nitrogens is 2. The fraction of sp³-hybridized carbons (Fsp3) is 0.714. The Bertz CT molecular complexity index is 640. The highest BCUT2D eigenvalue weighted by Gasteiger charge is 2.45. The van der Waals surface area contributed by atoms with E-state index in [4.69, 9.17) is 9.47 Å². The first kappa shape index (κ1) is 17.8. The van der Waals surface area contributed by atoms with Crippen LogP contribution in [0.25, 0.3) is 0 Å². The van der Waals surface area contributed by atoms with E-state index >= 15 is 0 Å². The Morgan fingerprint density at radius 2 is 2.13 bits per heavy atom. The number of nitrogens with zero attached hydrogens (tertiary/aromatic N) is 2. The first-order valence-corrected chi connectivity index (χ1v) is 7.38. The number of aliphatic hydroxyl groups is 2. The van der Waals surface area contributed by atoms with E-state index in [1.807, 2.05) is 19.0 Å². The zero-order chi connectivity index (χ0) is 17.1. The van der Waals surface area contributed by atoms with Crippen molar-refractivity contribution < 1.29 is 19.7 Å². The summed E-state index contributed by atoms with van der Waals surface area (Å²) in [5.41, 5.74) is -0.798. The van der Waals surface area contributed by atoms with Crippen molar-refractivity contribution in [3.05, 3.63) is 32.6 Å². The Morgan fingerprint density at radius 3 is 2.74 bits per heavy atom. The summed E-state index contributed by atoms with van der Waals surface area (Å²) in [7, 11) is 3.77. The summed E-state index contributed by atoms with van der Waals surface area (Å²) in [4.78, 5) is 27.6. The summed E-state index contributed by atoms with van der Waals surface area (Å²) < 4.78 is 12.4. The summed E-state index contributed by atoms with van der Waals surface area (Å²) in [6, 6.07) is 0. The minimum absolute atomic E-state index is 0.323. The van der Waals surface area contributed by atoms with E-state index < -0.39 is 42.4 Å². The molecule has 0 bridgehead atoms. The number of aromatic amines is 1. The monoisotopic (exact) mass is 329 g/mol. The average Bonchev–Trinajstić information content (AvgIpc) is 2.79. The number of hydrogen-bond acceptors (Lipinski definition) is 7. The Kier molecular flexibility index (Phi) is 5.71. The van der Waals surface area contributed by atoms with Crippen molar-refractivity contribution >= 4 is 0 Å². The highest BCUT2D eigenvalue weighted by molar-refractivity contribution is 5.03. The Morgan fingerprint density at radius 1 is 1.43 bits per heavy atom. The predicted molar refractivity (Wildman–Crippen MR) is 81.4 cm³/mol. The minimum atomic E-state index is -1.08. The van der Waals surface area contributed by atoms with Crippen molar-refractivity contribution in [2.75, 3.05) is 33.9 Å². The largest absolute Gasteiger partial charge is 0.394 e. The molecule has 0 unspecified atom stereocenters. The third-order valence-electron chi connectivity index (χ3n) is 3.76. The number of rotatable bonds is 6. The second-order valence-corrected chi connectivity index (χ2v) is 5.86. The molecule has 2 heterocycles. The fourth-order valence-corrected chi connectivity index (χ4v) is 2.42. The molecular formula is C14H23N3O6. The van der Waals surface area contributed by atoms with E-state index in [2.05, 4.69) is 4.98 Å². The number of hydrogen-bond donors (Lipinski definition) is 3. The lowest BCUT2D eigenvalue weighted by Gasteiger charge is -2.23. The number of nitrogens with one attached hydrogen (secondary N) is 1. The second kappa shape index (κ2) is 7.37. The molecule has 1 aliphatic heterocycles. The lowest BCUT2D eigenvalue weighted by atomic mass is 10.1. The number of aliphatic hydroxyl groups excluding tert-OH is 2. The number of likely N-dealkylation sites (N-methyl/N-ethyl adjacent to an activating group) is 1. The number of H-pyrrole nitrogens is 1. The molecule has 0 aromatic carbocycles. The average molecular weight is 329 g/mol. The number of aryl methyl sites for hydroxylation is 1. The van der Waals surface area contributed by atoms with Gasteiger partial charge in [0.15, 0.2) is 6.23 Å². The molecule has 0 amide bonds. The van der Waals surface area contributed by atoms with E-state index in [1.54, 1.807) is 6.92 Å². The first-order chi connectivity index (χ1) is 10.8. The summed E-state index contributed by atoms with van der Waals surface area (Å²) in [5.74, 6) is 0. The van der Waals surface area contributed by atoms with Crippen LogP contribution in [0.3, 0.4) is 0 Å². The normalized spacial score (nSPS) is 27.7. The molecule has 9 heteroatoms. The van der Waals surface area contributed by atoms with Crippen molar-refractivity contribution in [2.24, 2.45) is 0 Å². The lowest BCUT2D eigenvalue weighted by molar-refractivity contribution is -0.0760.